The Bertz CT molecular complexity index is 1180. The lowest BCUT2D eigenvalue weighted by atomic mass is 10.1. The van der Waals surface area contributed by atoms with Gasteiger partial charge in [-0.05, 0) is 56.2 Å². The Morgan fingerprint density at radius 3 is 2.71 bits per heavy atom. The number of furan rings is 1. The number of nitrogens with one attached hydrogen (secondary N) is 2. The van der Waals surface area contributed by atoms with Crippen LogP contribution >= 0.6 is 27.5 Å². The summed E-state index contributed by atoms with van der Waals surface area (Å²) in [4.78, 5) is 28.3. The molecule has 0 bridgehead atoms. The first-order valence-corrected chi connectivity index (χ1v) is 11.2. The van der Waals surface area contributed by atoms with E-state index < -0.39 is 0 Å². The highest BCUT2D eigenvalue weighted by atomic mass is 79.9. The Balaban J connectivity index is 1.67. The minimum Gasteiger partial charge on any atom is -0.459 e. The van der Waals surface area contributed by atoms with Crippen molar-refractivity contribution in [2.75, 3.05) is 5.32 Å². The molecule has 0 unspecified atom stereocenters. The molecule has 3 aromatic rings. The quantitative estimate of drug-likeness (QED) is 0.251. The summed E-state index contributed by atoms with van der Waals surface area (Å²) >= 11 is 9.97. The molecule has 1 aliphatic carbocycles. The first kappa shape index (κ1) is 21.6. The predicted molar refractivity (Wildman–Crippen MR) is 126 cm³/mol. The fourth-order valence-corrected chi connectivity index (χ4v) is 4.50. The number of aryl methyl sites for hydroxylation is 1. The average Bonchev–Trinajstić information content (AvgIpc) is 3.37. The molecule has 1 fully saturated rings. The molecule has 1 aromatic heterocycles. The van der Waals surface area contributed by atoms with E-state index in [9.17, 15) is 9.59 Å². The van der Waals surface area contributed by atoms with Gasteiger partial charge in [0.15, 0.2) is 0 Å². The minimum absolute atomic E-state index is 0.0206. The number of aliphatic imine (C=N–C) groups is 1. The van der Waals surface area contributed by atoms with Crippen LogP contribution < -0.4 is 10.6 Å². The highest BCUT2D eigenvalue weighted by Crippen LogP contribution is 2.35. The number of nitrogens with zero attached hydrogens (tertiary/aromatic N) is 1. The molecule has 0 saturated heterocycles. The number of hydrogen-bond donors (Lipinski definition) is 2. The van der Waals surface area contributed by atoms with Crippen LogP contribution in [0.1, 0.15) is 37.0 Å². The minimum atomic E-state index is 0.0206. The summed E-state index contributed by atoms with van der Waals surface area (Å²) in [6.07, 6.45) is 4.58. The summed E-state index contributed by atoms with van der Waals surface area (Å²) < 4.78 is 6.68. The van der Waals surface area contributed by atoms with Crippen LogP contribution in [0, 0.1) is 12.8 Å². The molecule has 2 N–H and O–H groups in total. The number of benzene rings is 2. The molecule has 4 rings (SSSR count). The molecule has 0 atom stereocenters. The largest absolute Gasteiger partial charge is 0.459 e. The fourth-order valence-electron chi connectivity index (χ4n) is 3.87. The highest BCUT2D eigenvalue weighted by molar-refractivity contribution is 9.10. The van der Waals surface area contributed by atoms with Crippen LogP contribution in [0.4, 0.5) is 11.4 Å². The molecule has 160 valence electrons. The Kier molecular flexibility index (Phi) is 6.43. The third-order valence-corrected chi connectivity index (χ3v) is 6.24. The number of amidine groups is 1. The van der Waals surface area contributed by atoms with Gasteiger partial charge in [0.2, 0.25) is 12.3 Å². The number of halogens is 2. The molecule has 0 spiro atoms. The molecular weight excluding hydrogens is 482 g/mol. The lowest BCUT2D eigenvalue weighted by Crippen LogP contribution is -2.23. The summed E-state index contributed by atoms with van der Waals surface area (Å²) in [6.45, 7) is 1.81. The van der Waals surface area contributed by atoms with Gasteiger partial charge in [-0.3, -0.25) is 9.59 Å². The van der Waals surface area contributed by atoms with Crippen molar-refractivity contribution in [2.24, 2.45) is 10.9 Å². The van der Waals surface area contributed by atoms with Crippen LogP contribution in [0.5, 0.6) is 0 Å². The van der Waals surface area contributed by atoms with Crippen LogP contribution in [-0.2, 0) is 9.59 Å². The number of amides is 2. The Morgan fingerprint density at radius 1 is 1.23 bits per heavy atom. The maximum Gasteiger partial charge on any atom is 0.227 e. The summed E-state index contributed by atoms with van der Waals surface area (Å²) in [5.41, 5.74) is 2.46. The van der Waals surface area contributed by atoms with Crippen LogP contribution in [0.25, 0.3) is 11.0 Å². The fraction of sp³-hybridized carbons (Fsp3) is 0.261. The van der Waals surface area contributed by atoms with Gasteiger partial charge >= 0.3 is 0 Å². The SMILES string of the molecule is Cc1oc2ccc(Br)cc2c1N=C(NC=O)c1ccc(NC(=O)C2CCCC2)cc1Cl. The van der Waals surface area contributed by atoms with Crippen LogP contribution in [0.15, 0.2) is 50.3 Å². The Labute approximate surface area is 193 Å². The summed E-state index contributed by atoms with van der Waals surface area (Å²) in [7, 11) is 0. The van der Waals surface area contributed by atoms with E-state index in [0.717, 1.165) is 35.5 Å². The molecule has 0 radical (unpaired) electrons. The van der Waals surface area contributed by atoms with E-state index in [0.29, 0.717) is 45.5 Å². The second-order valence-corrected chi connectivity index (χ2v) is 8.86. The van der Waals surface area contributed by atoms with Crippen molar-refractivity contribution >= 4 is 68.0 Å². The lowest BCUT2D eigenvalue weighted by Gasteiger charge is -2.13. The maximum absolute atomic E-state index is 12.4. The molecule has 0 aliphatic heterocycles. The van der Waals surface area contributed by atoms with Crippen LogP contribution in [0.2, 0.25) is 5.02 Å². The number of hydrogen-bond acceptors (Lipinski definition) is 4. The van der Waals surface area contributed by atoms with E-state index in [2.05, 4.69) is 31.6 Å². The van der Waals surface area contributed by atoms with Gasteiger partial charge in [-0.15, -0.1) is 0 Å². The molecule has 1 aliphatic rings. The third-order valence-electron chi connectivity index (χ3n) is 5.43. The van der Waals surface area contributed by atoms with E-state index in [-0.39, 0.29) is 11.8 Å². The van der Waals surface area contributed by atoms with Crippen molar-refractivity contribution < 1.29 is 14.0 Å². The van der Waals surface area contributed by atoms with E-state index >= 15 is 0 Å². The number of fused-ring (bicyclic) bond motifs is 1. The first-order chi connectivity index (χ1) is 15.0. The number of carbonyl (C=O) groups is 2. The summed E-state index contributed by atoms with van der Waals surface area (Å²) in [5, 5.41) is 6.75. The Morgan fingerprint density at radius 2 is 2.00 bits per heavy atom. The Hall–Kier alpha value is -2.64. The molecule has 1 heterocycles. The molecule has 2 amide bonds. The standard InChI is InChI=1S/C23H21BrClN3O3/c1-13-21(18-10-15(24)6-9-20(18)31-13)28-22(26-12-29)17-8-7-16(11-19(17)25)27-23(30)14-4-2-3-5-14/h6-12,14H,2-5H2,1H3,(H,27,30)(H,26,28,29). The van der Waals surface area contributed by atoms with Crippen LogP contribution in [0.3, 0.4) is 0 Å². The van der Waals surface area contributed by atoms with E-state index in [4.69, 9.17) is 16.0 Å². The molecule has 2 aromatic carbocycles. The molecule has 1 saturated carbocycles. The van der Waals surface area contributed by atoms with Crippen LogP contribution in [-0.4, -0.2) is 18.2 Å². The van der Waals surface area contributed by atoms with Crippen molar-refractivity contribution in [3.8, 4) is 0 Å². The van der Waals surface area contributed by atoms with Gasteiger partial charge < -0.3 is 15.1 Å². The van der Waals surface area contributed by atoms with Gasteiger partial charge in [-0.1, -0.05) is 40.4 Å². The van der Waals surface area contributed by atoms with Gasteiger partial charge in [0.1, 0.15) is 22.9 Å². The molecule has 31 heavy (non-hydrogen) atoms. The molecule has 6 nitrogen and oxygen atoms in total. The molecule has 8 heteroatoms. The zero-order valence-electron chi connectivity index (χ0n) is 16.9. The van der Waals surface area contributed by atoms with Gasteiger partial charge in [-0.25, -0.2) is 4.99 Å². The number of rotatable bonds is 5. The second-order valence-electron chi connectivity index (χ2n) is 7.54. The smallest absolute Gasteiger partial charge is 0.227 e. The number of carbonyl (C=O) groups excluding carboxylic acids is 2. The maximum atomic E-state index is 12.4. The average molecular weight is 503 g/mol. The highest BCUT2D eigenvalue weighted by Gasteiger charge is 2.23. The second kappa shape index (κ2) is 9.24. The summed E-state index contributed by atoms with van der Waals surface area (Å²) in [5.74, 6) is 0.991. The summed E-state index contributed by atoms with van der Waals surface area (Å²) in [6, 6.07) is 10.8. The van der Waals surface area contributed by atoms with E-state index in [1.807, 2.05) is 25.1 Å². The lowest BCUT2D eigenvalue weighted by molar-refractivity contribution is -0.119. The van der Waals surface area contributed by atoms with Gasteiger partial charge in [0.05, 0.1) is 5.02 Å². The van der Waals surface area contributed by atoms with E-state index in [1.54, 1.807) is 18.2 Å². The van der Waals surface area contributed by atoms with Gasteiger partial charge in [0.25, 0.3) is 0 Å². The van der Waals surface area contributed by atoms with E-state index in [1.165, 1.54) is 0 Å². The predicted octanol–water partition coefficient (Wildman–Crippen LogP) is 6.11. The van der Waals surface area contributed by atoms with Gasteiger partial charge in [-0.2, -0.15) is 0 Å². The monoisotopic (exact) mass is 501 g/mol. The van der Waals surface area contributed by atoms with Crippen molar-refractivity contribution in [1.29, 1.82) is 0 Å². The van der Waals surface area contributed by atoms with Crippen molar-refractivity contribution in [3.63, 3.8) is 0 Å². The normalized spacial score (nSPS) is 14.7. The van der Waals surface area contributed by atoms with Crippen molar-refractivity contribution in [3.05, 3.63) is 57.2 Å². The molecular formula is C23H21BrClN3O3. The third kappa shape index (κ3) is 4.67. The first-order valence-electron chi connectivity index (χ1n) is 10.0. The number of anilines is 1. The zero-order valence-corrected chi connectivity index (χ0v) is 19.2. The van der Waals surface area contributed by atoms with Crippen molar-refractivity contribution in [1.82, 2.24) is 5.32 Å². The topological polar surface area (TPSA) is 83.7 Å². The zero-order chi connectivity index (χ0) is 22.0. The van der Waals surface area contributed by atoms with Gasteiger partial charge in [0, 0.05) is 27.0 Å². The van der Waals surface area contributed by atoms with Crippen molar-refractivity contribution in [2.45, 2.75) is 32.6 Å².